The Labute approximate surface area is 111 Å². The van der Waals surface area contributed by atoms with Gasteiger partial charge in [0.05, 0.1) is 0 Å². The molecule has 0 radical (unpaired) electrons. The molecule has 0 aliphatic heterocycles. The molecule has 0 saturated heterocycles. The number of nitrogens with one attached hydrogen (secondary N) is 1. The molecule has 4 heteroatoms. The maximum absolute atomic E-state index is 5.94. The third-order valence-corrected chi connectivity index (χ3v) is 4.21. The Morgan fingerprint density at radius 1 is 1.33 bits per heavy atom. The van der Waals surface area contributed by atoms with Gasteiger partial charge >= 0.3 is 0 Å². The van der Waals surface area contributed by atoms with Gasteiger partial charge in [-0.15, -0.1) is 11.3 Å². The van der Waals surface area contributed by atoms with Gasteiger partial charge in [-0.1, -0.05) is 12.1 Å². The number of nitrogens with zero attached hydrogens (tertiary/aromatic N) is 1. The zero-order valence-corrected chi connectivity index (χ0v) is 11.0. The highest BCUT2D eigenvalue weighted by molar-refractivity contribution is 7.13. The summed E-state index contributed by atoms with van der Waals surface area (Å²) in [5, 5.41) is 6.65. The lowest BCUT2D eigenvalue weighted by molar-refractivity contribution is 0.688. The first kappa shape index (κ1) is 11.7. The molecule has 1 saturated carbocycles. The summed E-state index contributed by atoms with van der Waals surface area (Å²) < 4.78 is 0. The van der Waals surface area contributed by atoms with Crippen LogP contribution in [0.1, 0.15) is 19.3 Å². The molecule has 3 nitrogen and oxygen atoms in total. The van der Waals surface area contributed by atoms with Gasteiger partial charge in [0.1, 0.15) is 5.01 Å². The predicted molar refractivity (Wildman–Crippen MR) is 76.8 cm³/mol. The SMILES string of the molecule is NC1CCC(Nc2cccc(-c3nccs3)c2)C1. The summed E-state index contributed by atoms with van der Waals surface area (Å²) in [5.74, 6) is 0. The van der Waals surface area contributed by atoms with Gasteiger partial charge in [-0.25, -0.2) is 4.98 Å². The minimum absolute atomic E-state index is 0.365. The molecule has 94 valence electrons. The Bertz CT molecular complexity index is 510. The van der Waals surface area contributed by atoms with Crippen molar-refractivity contribution in [2.24, 2.45) is 5.73 Å². The van der Waals surface area contributed by atoms with Crippen LogP contribution in [0.2, 0.25) is 0 Å². The largest absolute Gasteiger partial charge is 0.382 e. The maximum atomic E-state index is 5.94. The average Bonchev–Trinajstić information content (AvgIpc) is 3.01. The molecule has 3 rings (SSSR count). The Hall–Kier alpha value is -1.39. The first-order valence-corrected chi connectivity index (χ1v) is 7.21. The van der Waals surface area contributed by atoms with Gasteiger partial charge in [0.2, 0.25) is 0 Å². The van der Waals surface area contributed by atoms with E-state index in [1.165, 1.54) is 17.7 Å². The van der Waals surface area contributed by atoms with Gasteiger partial charge in [-0.05, 0) is 31.4 Å². The van der Waals surface area contributed by atoms with Crippen molar-refractivity contribution in [3.05, 3.63) is 35.8 Å². The number of rotatable bonds is 3. The first-order valence-electron chi connectivity index (χ1n) is 6.33. The molecule has 0 spiro atoms. The van der Waals surface area contributed by atoms with Crippen LogP contribution in [0.15, 0.2) is 35.8 Å². The average molecular weight is 259 g/mol. The molecular weight excluding hydrogens is 242 g/mol. The lowest BCUT2D eigenvalue weighted by Gasteiger charge is -2.14. The Kier molecular flexibility index (Phi) is 3.30. The fourth-order valence-electron chi connectivity index (χ4n) is 2.49. The summed E-state index contributed by atoms with van der Waals surface area (Å²) in [5.41, 5.74) is 8.28. The van der Waals surface area contributed by atoms with Crippen LogP contribution in [0, 0.1) is 0 Å². The minimum atomic E-state index is 0.365. The molecule has 1 aliphatic rings. The molecule has 2 atom stereocenters. The van der Waals surface area contributed by atoms with Crippen molar-refractivity contribution in [3.8, 4) is 10.6 Å². The summed E-state index contributed by atoms with van der Waals surface area (Å²) in [7, 11) is 0. The Balaban J connectivity index is 1.75. The summed E-state index contributed by atoms with van der Waals surface area (Å²) in [6.45, 7) is 0. The number of benzene rings is 1. The normalized spacial score (nSPS) is 23.2. The molecule has 1 aromatic heterocycles. The van der Waals surface area contributed by atoms with Crippen LogP contribution in [0.25, 0.3) is 10.6 Å². The highest BCUT2D eigenvalue weighted by Gasteiger charge is 2.21. The molecule has 0 amide bonds. The number of hydrogen-bond acceptors (Lipinski definition) is 4. The highest BCUT2D eigenvalue weighted by atomic mass is 32.1. The van der Waals surface area contributed by atoms with Crippen molar-refractivity contribution >= 4 is 17.0 Å². The van der Waals surface area contributed by atoms with Gasteiger partial charge in [0, 0.05) is 34.9 Å². The van der Waals surface area contributed by atoms with Crippen LogP contribution in [-0.4, -0.2) is 17.1 Å². The van der Waals surface area contributed by atoms with Crippen LogP contribution in [0.5, 0.6) is 0 Å². The minimum Gasteiger partial charge on any atom is -0.382 e. The van der Waals surface area contributed by atoms with Crippen molar-refractivity contribution in [2.75, 3.05) is 5.32 Å². The van der Waals surface area contributed by atoms with E-state index in [9.17, 15) is 0 Å². The van der Waals surface area contributed by atoms with E-state index in [2.05, 4.69) is 34.6 Å². The number of anilines is 1. The Morgan fingerprint density at radius 3 is 3.00 bits per heavy atom. The van der Waals surface area contributed by atoms with Gasteiger partial charge in [-0.2, -0.15) is 0 Å². The van der Waals surface area contributed by atoms with E-state index in [4.69, 9.17) is 5.73 Å². The second-order valence-electron chi connectivity index (χ2n) is 4.83. The summed E-state index contributed by atoms with van der Waals surface area (Å²) in [4.78, 5) is 4.34. The third-order valence-electron chi connectivity index (χ3n) is 3.39. The molecule has 2 unspecified atom stereocenters. The van der Waals surface area contributed by atoms with Gasteiger partial charge in [-0.3, -0.25) is 0 Å². The summed E-state index contributed by atoms with van der Waals surface area (Å²) in [6.07, 6.45) is 5.21. The molecule has 0 bridgehead atoms. The van der Waals surface area contributed by atoms with Gasteiger partial charge in [0.25, 0.3) is 0 Å². The maximum Gasteiger partial charge on any atom is 0.123 e. The monoisotopic (exact) mass is 259 g/mol. The summed E-state index contributed by atoms with van der Waals surface area (Å²) in [6, 6.07) is 9.35. The first-order chi connectivity index (χ1) is 8.81. The van der Waals surface area contributed by atoms with E-state index < -0.39 is 0 Å². The molecule has 3 N–H and O–H groups in total. The zero-order chi connectivity index (χ0) is 12.4. The molecule has 1 heterocycles. The highest BCUT2D eigenvalue weighted by Crippen LogP contribution is 2.27. The van der Waals surface area contributed by atoms with Crippen LogP contribution in [0.3, 0.4) is 0 Å². The van der Waals surface area contributed by atoms with Crippen molar-refractivity contribution in [3.63, 3.8) is 0 Å². The van der Waals surface area contributed by atoms with E-state index in [1.807, 2.05) is 11.6 Å². The van der Waals surface area contributed by atoms with Crippen LogP contribution >= 0.6 is 11.3 Å². The Morgan fingerprint density at radius 2 is 2.28 bits per heavy atom. The quantitative estimate of drug-likeness (QED) is 0.890. The van der Waals surface area contributed by atoms with E-state index in [0.717, 1.165) is 17.8 Å². The molecule has 1 fully saturated rings. The van der Waals surface area contributed by atoms with Crippen molar-refractivity contribution in [1.82, 2.24) is 4.98 Å². The van der Waals surface area contributed by atoms with Gasteiger partial charge in [0.15, 0.2) is 0 Å². The number of hydrogen-bond donors (Lipinski definition) is 2. The molecule has 2 aromatic rings. The number of thiazole rings is 1. The van der Waals surface area contributed by atoms with Crippen molar-refractivity contribution in [2.45, 2.75) is 31.3 Å². The van der Waals surface area contributed by atoms with E-state index in [1.54, 1.807) is 11.3 Å². The van der Waals surface area contributed by atoms with Crippen LogP contribution in [0.4, 0.5) is 5.69 Å². The van der Waals surface area contributed by atoms with E-state index in [-0.39, 0.29) is 0 Å². The number of nitrogens with two attached hydrogens (primary N) is 1. The van der Waals surface area contributed by atoms with E-state index in [0.29, 0.717) is 12.1 Å². The van der Waals surface area contributed by atoms with Crippen molar-refractivity contribution < 1.29 is 0 Å². The second kappa shape index (κ2) is 5.08. The molecule has 1 aromatic carbocycles. The predicted octanol–water partition coefficient (Wildman–Crippen LogP) is 3.10. The molecular formula is C14H17N3S. The van der Waals surface area contributed by atoms with Gasteiger partial charge < -0.3 is 11.1 Å². The fourth-order valence-corrected chi connectivity index (χ4v) is 3.13. The fraction of sp³-hybridized carbons (Fsp3) is 0.357. The smallest absolute Gasteiger partial charge is 0.123 e. The van der Waals surface area contributed by atoms with Crippen molar-refractivity contribution in [1.29, 1.82) is 0 Å². The lowest BCUT2D eigenvalue weighted by atomic mass is 10.1. The molecule has 1 aliphatic carbocycles. The second-order valence-corrected chi connectivity index (χ2v) is 5.73. The third kappa shape index (κ3) is 2.54. The summed E-state index contributed by atoms with van der Waals surface area (Å²) >= 11 is 1.67. The number of aromatic nitrogens is 1. The standard InChI is InChI=1S/C14H17N3S/c15-11-4-5-13(9-11)17-12-3-1-2-10(8-12)14-16-6-7-18-14/h1-3,6-8,11,13,17H,4-5,9,15H2. The zero-order valence-electron chi connectivity index (χ0n) is 10.2. The lowest BCUT2D eigenvalue weighted by Crippen LogP contribution is -2.20. The van der Waals surface area contributed by atoms with Crippen LogP contribution in [-0.2, 0) is 0 Å². The topological polar surface area (TPSA) is 50.9 Å². The van der Waals surface area contributed by atoms with E-state index >= 15 is 0 Å². The molecule has 18 heavy (non-hydrogen) atoms. The van der Waals surface area contributed by atoms with Crippen LogP contribution < -0.4 is 11.1 Å².